The van der Waals surface area contributed by atoms with Crippen LogP contribution >= 0.6 is 0 Å². The molecule has 3 aromatic rings. The minimum absolute atomic E-state index is 0.0360. The normalized spacial score (nSPS) is 10.9. The number of methoxy groups -OCH3 is 1. The molecule has 1 heterocycles. The van der Waals surface area contributed by atoms with Crippen LogP contribution in [0.15, 0.2) is 54.6 Å². The fourth-order valence-electron chi connectivity index (χ4n) is 3.38. The number of hydrogen-bond acceptors (Lipinski definition) is 6. The van der Waals surface area contributed by atoms with E-state index in [4.69, 9.17) is 15.2 Å². The number of benzene rings is 2. The lowest BCUT2D eigenvalue weighted by molar-refractivity contribution is -0.116. The van der Waals surface area contributed by atoms with Crippen LogP contribution in [0.3, 0.4) is 0 Å². The number of nitrogens with one attached hydrogen (secondary N) is 1. The summed E-state index contributed by atoms with van der Waals surface area (Å²) in [6.07, 6.45) is 4.36. The summed E-state index contributed by atoms with van der Waals surface area (Å²) >= 11 is 0. The fraction of sp³-hybridized carbons (Fsp3) is 0.269. The van der Waals surface area contributed by atoms with Gasteiger partial charge in [0.15, 0.2) is 11.5 Å². The molecular weight excluding hydrogens is 430 g/mol. The molecule has 0 bridgehead atoms. The molecule has 0 fully saturated rings. The van der Waals surface area contributed by atoms with E-state index in [0.717, 1.165) is 11.3 Å². The lowest BCUT2D eigenvalue weighted by Gasteiger charge is -2.13. The predicted molar refractivity (Wildman–Crippen MR) is 132 cm³/mol. The first-order chi connectivity index (χ1) is 16.4. The second-order valence-corrected chi connectivity index (χ2v) is 7.87. The zero-order valence-electron chi connectivity index (χ0n) is 19.6. The second kappa shape index (κ2) is 11.6. The summed E-state index contributed by atoms with van der Waals surface area (Å²) in [6.45, 7) is 4.34. The Labute approximate surface area is 199 Å². The highest BCUT2D eigenvalue weighted by atomic mass is 16.5. The zero-order chi connectivity index (χ0) is 24.5. The Kier molecular flexibility index (Phi) is 8.30. The van der Waals surface area contributed by atoms with Crippen LogP contribution in [0.2, 0.25) is 0 Å². The third-order valence-corrected chi connectivity index (χ3v) is 4.97. The van der Waals surface area contributed by atoms with Crippen molar-refractivity contribution in [2.75, 3.05) is 19.4 Å². The molecule has 176 valence electrons. The van der Waals surface area contributed by atoms with Crippen molar-refractivity contribution in [2.24, 2.45) is 0 Å². The van der Waals surface area contributed by atoms with Gasteiger partial charge in [0.1, 0.15) is 17.5 Å². The molecule has 1 aromatic heterocycles. The van der Waals surface area contributed by atoms with Crippen molar-refractivity contribution in [3.05, 3.63) is 71.4 Å². The molecule has 3 N–H and O–H groups in total. The van der Waals surface area contributed by atoms with Gasteiger partial charge in [0, 0.05) is 12.6 Å². The van der Waals surface area contributed by atoms with Gasteiger partial charge in [-0.15, -0.1) is 0 Å². The number of nitrogen functional groups attached to an aromatic ring is 1. The van der Waals surface area contributed by atoms with Crippen LogP contribution in [0.1, 0.15) is 37.1 Å². The second-order valence-electron chi connectivity index (χ2n) is 7.87. The SMILES string of the molecule is COc1cc(/C=C/C(=O)NCCCc2nn(-c3ccccc3)c(N)c2C#N)ccc1OC(C)C. The van der Waals surface area contributed by atoms with Crippen LogP contribution in [-0.2, 0) is 11.2 Å². The number of hydrogen-bond donors (Lipinski definition) is 2. The first kappa shape index (κ1) is 24.4. The Morgan fingerprint density at radius 2 is 2.00 bits per heavy atom. The molecule has 0 aliphatic rings. The summed E-state index contributed by atoms with van der Waals surface area (Å²) < 4.78 is 12.7. The largest absolute Gasteiger partial charge is 0.493 e. The highest BCUT2D eigenvalue weighted by Gasteiger charge is 2.16. The number of carbonyl (C=O) groups is 1. The van der Waals surface area contributed by atoms with E-state index in [1.165, 1.54) is 6.08 Å². The van der Waals surface area contributed by atoms with Gasteiger partial charge in [-0.05, 0) is 62.6 Å². The Bertz CT molecular complexity index is 1190. The van der Waals surface area contributed by atoms with E-state index in [9.17, 15) is 10.1 Å². The van der Waals surface area contributed by atoms with Crippen LogP contribution in [0.4, 0.5) is 5.82 Å². The smallest absolute Gasteiger partial charge is 0.243 e. The maximum Gasteiger partial charge on any atom is 0.243 e. The number of rotatable bonds is 10. The number of nitrogens with zero attached hydrogens (tertiary/aromatic N) is 3. The van der Waals surface area contributed by atoms with E-state index in [1.807, 2.05) is 62.4 Å². The van der Waals surface area contributed by atoms with Crippen molar-refractivity contribution in [3.63, 3.8) is 0 Å². The molecule has 0 radical (unpaired) electrons. The average Bonchev–Trinajstić information content (AvgIpc) is 3.16. The van der Waals surface area contributed by atoms with E-state index >= 15 is 0 Å². The average molecular weight is 460 g/mol. The third kappa shape index (κ3) is 6.17. The maximum absolute atomic E-state index is 12.2. The van der Waals surface area contributed by atoms with Crippen molar-refractivity contribution in [1.82, 2.24) is 15.1 Å². The number of aryl methyl sites for hydroxylation is 1. The number of anilines is 1. The minimum Gasteiger partial charge on any atom is -0.493 e. The molecule has 1 amide bonds. The zero-order valence-corrected chi connectivity index (χ0v) is 19.6. The molecule has 8 nitrogen and oxygen atoms in total. The predicted octanol–water partition coefficient (Wildman–Crippen LogP) is 3.88. The van der Waals surface area contributed by atoms with Crippen LogP contribution in [-0.4, -0.2) is 35.4 Å². The van der Waals surface area contributed by atoms with E-state index in [1.54, 1.807) is 17.9 Å². The number of ether oxygens (including phenoxy) is 2. The van der Waals surface area contributed by atoms with E-state index in [2.05, 4.69) is 16.5 Å². The lowest BCUT2D eigenvalue weighted by Crippen LogP contribution is -2.22. The maximum atomic E-state index is 12.2. The molecule has 0 aliphatic carbocycles. The van der Waals surface area contributed by atoms with Gasteiger partial charge in [-0.2, -0.15) is 10.4 Å². The van der Waals surface area contributed by atoms with Crippen molar-refractivity contribution < 1.29 is 14.3 Å². The summed E-state index contributed by atoms with van der Waals surface area (Å²) in [7, 11) is 1.58. The highest BCUT2D eigenvalue weighted by Crippen LogP contribution is 2.29. The minimum atomic E-state index is -0.212. The number of carbonyl (C=O) groups excluding carboxylic acids is 1. The molecule has 8 heteroatoms. The monoisotopic (exact) mass is 459 g/mol. The van der Waals surface area contributed by atoms with Crippen molar-refractivity contribution in [1.29, 1.82) is 5.26 Å². The van der Waals surface area contributed by atoms with E-state index in [0.29, 0.717) is 48.0 Å². The van der Waals surface area contributed by atoms with Gasteiger partial charge in [-0.3, -0.25) is 4.79 Å². The molecular formula is C26H29N5O3. The molecule has 34 heavy (non-hydrogen) atoms. The Morgan fingerprint density at radius 3 is 2.68 bits per heavy atom. The Hall–Kier alpha value is -4.25. The van der Waals surface area contributed by atoms with Gasteiger partial charge in [-0.25, -0.2) is 4.68 Å². The van der Waals surface area contributed by atoms with Crippen molar-refractivity contribution in [2.45, 2.75) is 32.8 Å². The first-order valence-electron chi connectivity index (χ1n) is 11.1. The quantitative estimate of drug-likeness (QED) is 0.351. The molecule has 2 aromatic carbocycles. The topological polar surface area (TPSA) is 115 Å². The van der Waals surface area contributed by atoms with Gasteiger partial charge < -0.3 is 20.5 Å². The molecule has 0 unspecified atom stereocenters. The van der Waals surface area contributed by atoms with Gasteiger partial charge in [0.05, 0.1) is 24.6 Å². The van der Waals surface area contributed by atoms with E-state index < -0.39 is 0 Å². The standard InChI is InChI=1S/C26H29N5O3/c1-18(2)34-23-13-11-19(16-24(23)33-3)12-14-25(32)29-15-7-10-22-21(17-27)26(28)31(30-22)20-8-5-4-6-9-20/h4-6,8-9,11-14,16,18H,7,10,15,28H2,1-3H3,(H,29,32)/b14-12+. The van der Waals surface area contributed by atoms with Crippen LogP contribution in [0.25, 0.3) is 11.8 Å². The molecule has 0 saturated heterocycles. The summed E-state index contributed by atoms with van der Waals surface area (Å²) in [6, 6.07) is 17.1. The van der Waals surface area contributed by atoms with Gasteiger partial charge >= 0.3 is 0 Å². The summed E-state index contributed by atoms with van der Waals surface area (Å²) in [5.74, 6) is 1.37. The number of aromatic nitrogens is 2. The number of nitriles is 1. The Balaban J connectivity index is 1.54. The van der Waals surface area contributed by atoms with Crippen molar-refractivity contribution >= 4 is 17.8 Å². The van der Waals surface area contributed by atoms with Crippen LogP contribution in [0, 0.1) is 11.3 Å². The fourth-order valence-corrected chi connectivity index (χ4v) is 3.38. The molecule has 3 rings (SSSR count). The molecule has 0 spiro atoms. The lowest BCUT2D eigenvalue weighted by atomic mass is 10.1. The first-order valence-corrected chi connectivity index (χ1v) is 11.1. The van der Waals surface area contributed by atoms with Gasteiger partial charge in [0.25, 0.3) is 0 Å². The van der Waals surface area contributed by atoms with Crippen LogP contribution < -0.4 is 20.5 Å². The molecule has 0 atom stereocenters. The third-order valence-electron chi connectivity index (χ3n) is 4.97. The molecule has 0 aliphatic heterocycles. The van der Waals surface area contributed by atoms with Crippen LogP contribution in [0.5, 0.6) is 11.5 Å². The number of amides is 1. The number of nitrogens with two attached hydrogens (primary N) is 1. The number of para-hydroxylation sites is 1. The van der Waals surface area contributed by atoms with Crippen molar-refractivity contribution in [3.8, 4) is 23.3 Å². The van der Waals surface area contributed by atoms with E-state index in [-0.39, 0.29) is 12.0 Å². The Morgan fingerprint density at radius 1 is 1.24 bits per heavy atom. The molecule has 0 saturated carbocycles. The summed E-state index contributed by atoms with van der Waals surface area (Å²) in [4.78, 5) is 12.2. The van der Waals surface area contributed by atoms with Gasteiger partial charge in [-0.1, -0.05) is 24.3 Å². The highest BCUT2D eigenvalue weighted by molar-refractivity contribution is 5.91. The summed E-state index contributed by atoms with van der Waals surface area (Å²) in [5.41, 5.74) is 8.73. The summed E-state index contributed by atoms with van der Waals surface area (Å²) in [5, 5.41) is 16.9. The van der Waals surface area contributed by atoms with Gasteiger partial charge in [0.2, 0.25) is 5.91 Å².